The van der Waals surface area contributed by atoms with E-state index in [1.54, 1.807) is 16.4 Å². The Morgan fingerprint density at radius 3 is 2.85 bits per heavy atom. The Hall–Kier alpha value is -0.620. The van der Waals surface area contributed by atoms with Crippen molar-refractivity contribution in [3.8, 4) is 0 Å². The second-order valence-corrected chi connectivity index (χ2v) is 7.38. The number of rotatable bonds is 5. The van der Waals surface area contributed by atoms with Gasteiger partial charge in [0.05, 0.1) is 5.02 Å². The van der Waals surface area contributed by atoms with Gasteiger partial charge in [0.15, 0.2) is 0 Å². The summed E-state index contributed by atoms with van der Waals surface area (Å²) < 4.78 is 27.2. The molecule has 0 aromatic heterocycles. The summed E-state index contributed by atoms with van der Waals surface area (Å²) in [5.41, 5.74) is 0.919. The van der Waals surface area contributed by atoms with Crippen LogP contribution in [0.25, 0.3) is 0 Å². The molecule has 1 saturated heterocycles. The highest BCUT2D eigenvalue weighted by molar-refractivity contribution is 7.89. The summed E-state index contributed by atoms with van der Waals surface area (Å²) in [4.78, 5) is 0.229. The fourth-order valence-corrected chi connectivity index (χ4v) is 5.01. The molecule has 0 spiro atoms. The van der Waals surface area contributed by atoms with Crippen molar-refractivity contribution in [2.75, 3.05) is 13.6 Å². The summed E-state index contributed by atoms with van der Waals surface area (Å²) >= 11 is 6.12. The molecule has 2 rings (SSSR count). The van der Waals surface area contributed by atoms with E-state index in [2.05, 4.69) is 5.32 Å². The molecule has 1 unspecified atom stereocenters. The number of nitrogens with one attached hydrogen (secondary N) is 1. The lowest BCUT2D eigenvalue weighted by molar-refractivity contribution is 0.379. The molecule has 1 fully saturated rings. The average Bonchev–Trinajstić information content (AvgIpc) is 2.90. The van der Waals surface area contributed by atoms with Crippen molar-refractivity contribution in [2.24, 2.45) is 0 Å². The summed E-state index contributed by atoms with van der Waals surface area (Å²) in [7, 11) is -1.67. The van der Waals surface area contributed by atoms with E-state index in [1.165, 1.54) is 0 Å². The first kappa shape index (κ1) is 15.8. The van der Waals surface area contributed by atoms with Crippen LogP contribution in [0.4, 0.5) is 0 Å². The summed E-state index contributed by atoms with van der Waals surface area (Å²) in [6, 6.07) is 5.29. The zero-order chi connectivity index (χ0) is 14.8. The molecule has 6 heteroatoms. The van der Waals surface area contributed by atoms with Gasteiger partial charge >= 0.3 is 0 Å². The van der Waals surface area contributed by atoms with E-state index < -0.39 is 10.0 Å². The summed E-state index contributed by atoms with van der Waals surface area (Å²) in [6.07, 6.45) is 2.70. The average molecular weight is 317 g/mol. The number of hydrogen-bond acceptors (Lipinski definition) is 3. The second kappa shape index (κ2) is 6.43. The van der Waals surface area contributed by atoms with Crippen LogP contribution < -0.4 is 5.32 Å². The molecule has 1 aromatic rings. The number of halogens is 1. The predicted octanol–water partition coefficient (Wildman–Crippen LogP) is 2.62. The van der Waals surface area contributed by atoms with Crippen LogP contribution >= 0.6 is 11.6 Å². The van der Waals surface area contributed by atoms with Crippen LogP contribution in [0.1, 0.15) is 31.7 Å². The molecule has 1 aliphatic rings. The Labute approximate surface area is 126 Å². The van der Waals surface area contributed by atoms with Gasteiger partial charge in [0.25, 0.3) is 0 Å². The van der Waals surface area contributed by atoms with Crippen molar-refractivity contribution >= 4 is 21.6 Å². The topological polar surface area (TPSA) is 49.4 Å². The lowest BCUT2D eigenvalue weighted by atomic mass is 10.2. The number of benzene rings is 1. The molecule has 0 bridgehead atoms. The zero-order valence-electron chi connectivity index (χ0n) is 11.9. The molecule has 1 aromatic carbocycles. The normalized spacial score (nSPS) is 20.4. The maximum absolute atomic E-state index is 12.8. The van der Waals surface area contributed by atoms with Crippen LogP contribution in [-0.2, 0) is 16.6 Å². The third-order valence-corrected chi connectivity index (χ3v) is 6.19. The first-order valence-electron chi connectivity index (χ1n) is 6.95. The second-order valence-electron chi connectivity index (χ2n) is 5.12. The summed E-state index contributed by atoms with van der Waals surface area (Å²) in [5.74, 6) is 0. The number of nitrogens with zero attached hydrogens (tertiary/aromatic N) is 1. The number of sulfonamides is 1. The molecular weight excluding hydrogens is 296 g/mol. The van der Waals surface area contributed by atoms with Crippen molar-refractivity contribution < 1.29 is 8.42 Å². The van der Waals surface area contributed by atoms with E-state index in [0.29, 0.717) is 18.1 Å². The molecular formula is C14H21ClN2O2S. The third kappa shape index (κ3) is 3.01. The molecule has 1 heterocycles. The lowest BCUT2D eigenvalue weighted by Crippen LogP contribution is -2.35. The standard InChI is InChI=1S/C14H21ClN2O2S/c1-3-12-5-4-8-17(12)20(18,19)14-9-11(10-16-2)6-7-13(14)15/h6-7,9,12,16H,3-5,8,10H2,1-2H3. The Bertz CT molecular complexity index is 575. The van der Waals surface area contributed by atoms with Crippen molar-refractivity contribution in [2.45, 2.75) is 43.7 Å². The van der Waals surface area contributed by atoms with Crippen molar-refractivity contribution in [1.82, 2.24) is 9.62 Å². The SMILES string of the molecule is CCC1CCCN1S(=O)(=O)c1cc(CNC)ccc1Cl. The molecule has 0 radical (unpaired) electrons. The predicted molar refractivity (Wildman–Crippen MR) is 81.4 cm³/mol. The molecule has 1 atom stereocenters. The van der Waals surface area contributed by atoms with Gasteiger partial charge in [-0.2, -0.15) is 4.31 Å². The summed E-state index contributed by atoms with van der Waals surface area (Å²) in [5, 5.41) is 3.32. The first-order chi connectivity index (χ1) is 9.50. The molecule has 20 heavy (non-hydrogen) atoms. The summed E-state index contributed by atoms with van der Waals surface area (Å²) in [6.45, 7) is 3.24. The van der Waals surface area contributed by atoms with Crippen LogP contribution in [0, 0.1) is 0 Å². The van der Waals surface area contributed by atoms with Crippen LogP contribution in [-0.4, -0.2) is 32.4 Å². The van der Waals surface area contributed by atoms with Gasteiger partial charge in [0.2, 0.25) is 10.0 Å². The van der Waals surface area contributed by atoms with Crippen LogP contribution in [0.15, 0.2) is 23.1 Å². The fraction of sp³-hybridized carbons (Fsp3) is 0.571. The van der Waals surface area contributed by atoms with Gasteiger partial charge in [-0.3, -0.25) is 0 Å². The van der Waals surface area contributed by atoms with Gasteiger partial charge in [-0.05, 0) is 44.0 Å². The Balaban J connectivity index is 2.40. The third-order valence-electron chi connectivity index (χ3n) is 3.76. The molecule has 4 nitrogen and oxygen atoms in total. The minimum Gasteiger partial charge on any atom is -0.316 e. The van der Waals surface area contributed by atoms with Gasteiger partial charge in [-0.1, -0.05) is 24.6 Å². The van der Waals surface area contributed by atoms with Crippen LogP contribution in [0.2, 0.25) is 5.02 Å². The largest absolute Gasteiger partial charge is 0.316 e. The molecule has 112 valence electrons. The lowest BCUT2D eigenvalue weighted by Gasteiger charge is -2.23. The maximum atomic E-state index is 12.8. The molecule has 0 amide bonds. The Morgan fingerprint density at radius 1 is 1.45 bits per heavy atom. The Morgan fingerprint density at radius 2 is 2.20 bits per heavy atom. The smallest absolute Gasteiger partial charge is 0.244 e. The van der Waals surface area contributed by atoms with Crippen molar-refractivity contribution in [3.05, 3.63) is 28.8 Å². The van der Waals surface area contributed by atoms with Gasteiger partial charge in [0.1, 0.15) is 4.90 Å². The van der Waals surface area contributed by atoms with Crippen molar-refractivity contribution in [1.29, 1.82) is 0 Å². The van der Waals surface area contributed by atoms with Gasteiger partial charge in [-0.25, -0.2) is 8.42 Å². The van der Waals surface area contributed by atoms with E-state index in [4.69, 9.17) is 11.6 Å². The molecule has 0 aliphatic carbocycles. The maximum Gasteiger partial charge on any atom is 0.244 e. The molecule has 1 N–H and O–H groups in total. The molecule has 0 saturated carbocycles. The zero-order valence-corrected chi connectivity index (χ0v) is 13.5. The van der Waals surface area contributed by atoms with E-state index in [-0.39, 0.29) is 10.9 Å². The monoisotopic (exact) mass is 316 g/mol. The van der Waals surface area contributed by atoms with Gasteiger partial charge in [0, 0.05) is 19.1 Å². The minimum atomic E-state index is -3.50. The van der Waals surface area contributed by atoms with E-state index in [9.17, 15) is 8.42 Å². The van der Waals surface area contributed by atoms with Crippen molar-refractivity contribution in [3.63, 3.8) is 0 Å². The highest BCUT2D eigenvalue weighted by Gasteiger charge is 2.35. The highest BCUT2D eigenvalue weighted by Crippen LogP contribution is 2.31. The van der Waals surface area contributed by atoms with Gasteiger partial charge in [-0.15, -0.1) is 0 Å². The van der Waals surface area contributed by atoms with E-state index in [0.717, 1.165) is 24.8 Å². The van der Waals surface area contributed by atoms with Crippen LogP contribution in [0.5, 0.6) is 0 Å². The fourth-order valence-electron chi connectivity index (χ4n) is 2.72. The van der Waals surface area contributed by atoms with E-state index in [1.807, 2.05) is 20.0 Å². The van der Waals surface area contributed by atoms with Gasteiger partial charge < -0.3 is 5.32 Å². The quantitative estimate of drug-likeness (QED) is 0.908. The Kier molecular flexibility index (Phi) is 5.07. The minimum absolute atomic E-state index is 0.101. The van der Waals surface area contributed by atoms with E-state index >= 15 is 0 Å². The number of hydrogen-bond donors (Lipinski definition) is 1. The molecule has 1 aliphatic heterocycles. The first-order valence-corrected chi connectivity index (χ1v) is 8.77. The van der Waals surface area contributed by atoms with Crippen LogP contribution in [0.3, 0.4) is 0 Å². The highest BCUT2D eigenvalue weighted by atomic mass is 35.5.